The number of hydrogen-bond acceptors (Lipinski definition) is 13. The summed E-state index contributed by atoms with van der Waals surface area (Å²) < 4.78 is 75.8. The van der Waals surface area contributed by atoms with Gasteiger partial charge in [-0.1, -0.05) is 18.7 Å². The van der Waals surface area contributed by atoms with Gasteiger partial charge >= 0.3 is 28.4 Å². The van der Waals surface area contributed by atoms with Gasteiger partial charge < -0.3 is 40.3 Å². The molecule has 3 rings (SSSR count). The SMILES string of the molecule is CCCSc1nc(N)c2ncn([C@@H]3O[C@H](COP(=O)(O)OP(=O)(O)C(F)(F)P(=O)(O)O)[C@@H](O)[C@H]3O)c2n1.[Na].[Na].[Na].[Na]. The summed E-state index contributed by atoms with van der Waals surface area (Å²) in [7, 11) is -19.2. The number of nitrogens with zero attached hydrogens (tertiary/aromatic N) is 4. The normalized spacial score (nSPS) is 23.7. The minimum Gasteiger partial charge on any atom is -0.387 e. The summed E-state index contributed by atoms with van der Waals surface area (Å²) in [6.45, 7) is 0.773. The molecule has 0 aliphatic carbocycles. The van der Waals surface area contributed by atoms with Gasteiger partial charge in [0.15, 0.2) is 22.8 Å². The molecule has 0 aromatic carbocycles. The standard InChI is InChI=1S/C14H22F2N5O12P3S.4Na/c1-2-3-37-13-19-10(17)7-11(20-13)21(5-18-7)12-9(23)8(22)6(32-12)4-31-36(29,30)33-35(27,28)14(15,16)34(24,25)26;;;;/h5-6,8-9,12,22-23H,2-4H2,1H3,(H,27,28)(H,29,30)(H2,17,19,20)(H2,24,25,26);;;;/t6-,8-,9-,12-;;;;/m1..../s1. The number of nitrogens with two attached hydrogens (primary N) is 1. The zero-order valence-corrected chi connectivity index (χ0v) is 34.0. The fraction of sp³-hybridized carbons (Fsp3) is 0.643. The number of phosphoric ester groups is 1. The number of aliphatic hydroxyl groups excluding tert-OH is 2. The minimum atomic E-state index is -6.75. The van der Waals surface area contributed by atoms with E-state index in [0.717, 1.165) is 6.42 Å². The van der Waals surface area contributed by atoms with E-state index in [-0.39, 0.29) is 135 Å². The largest absolute Gasteiger partial charge is 0.479 e. The third-order valence-electron chi connectivity index (χ3n) is 4.78. The second kappa shape index (κ2) is 17.9. The van der Waals surface area contributed by atoms with Crippen LogP contribution in [-0.2, 0) is 27.3 Å². The summed E-state index contributed by atoms with van der Waals surface area (Å²) in [4.78, 5) is 48.3. The number of anilines is 1. The molecule has 3 heterocycles. The van der Waals surface area contributed by atoms with Crippen molar-refractivity contribution in [2.24, 2.45) is 0 Å². The van der Waals surface area contributed by atoms with Crippen LogP contribution in [0.4, 0.5) is 14.6 Å². The molecule has 27 heteroatoms. The number of aliphatic hydroxyl groups is 2. The van der Waals surface area contributed by atoms with Gasteiger partial charge in [-0.25, -0.2) is 23.8 Å². The molecular formula is C14H22F2N5Na4O12P3S. The first-order chi connectivity index (χ1) is 16.9. The number of hydrogen-bond donors (Lipinski definition) is 7. The van der Waals surface area contributed by atoms with E-state index in [4.69, 9.17) is 20.3 Å². The Morgan fingerprint density at radius 2 is 1.68 bits per heavy atom. The monoisotopic (exact) mass is 707 g/mol. The predicted octanol–water partition coefficient (Wildman–Crippen LogP) is -0.946. The van der Waals surface area contributed by atoms with Crippen molar-refractivity contribution in [2.75, 3.05) is 18.1 Å². The van der Waals surface area contributed by atoms with Crippen molar-refractivity contribution < 1.29 is 65.8 Å². The van der Waals surface area contributed by atoms with E-state index in [1.807, 2.05) is 6.92 Å². The molecule has 2 aromatic rings. The summed E-state index contributed by atoms with van der Waals surface area (Å²) in [6, 6.07) is 0. The number of fused-ring (bicyclic) bond motifs is 1. The number of imidazole rings is 1. The number of alkyl halides is 2. The van der Waals surface area contributed by atoms with Crippen molar-refractivity contribution in [3.05, 3.63) is 6.33 Å². The van der Waals surface area contributed by atoms with Crippen LogP contribution in [0.5, 0.6) is 0 Å². The first-order valence-corrected chi connectivity index (χ1v) is 15.7. The molecule has 17 nitrogen and oxygen atoms in total. The molecule has 0 bridgehead atoms. The van der Waals surface area contributed by atoms with E-state index in [1.54, 1.807) is 0 Å². The van der Waals surface area contributed by atoms with Gasteiger partial charge in [-0.2, -0.15) is 8.78 Å². The molecule has 0 amide bonds. The van der Waals surface area contributed by atoms with E-state index in [1.165, 1.54) is 22.7 Å². The Morgan fingerprint density at radius 3 is 2.22 bits per heavy atom. The van der Waals surface area contributed by atoms with Gasteiger partial charge in [0, 0.05) is 124 Å². The second-order valence-corrected chi connectivity index (χ2v) is 14.0. The van der Waals surface area contributed by atoms with Crippen LogP contribution in [-0.4, -0.2) is 204 Å². The number of aromatic nitrogens is 4. The van der Waals surface area contributed by atoms with Gasteiger partial charge in [0.25, 0.3) is 0 Å². The van der Waals surface area contributed by atoms with Crippen LogP contribution in [0, 0.1) is 0 Å². The van der Waals surface area contributed by atoms with Gasteiger partial charge in [0.1, 0.15) is 23.8 Å². The van der Waals surface area contributed by atoms with Crippen molar-refractivity contribution in [2.45, 2.75) is 48.4 Å². The van der Waals surface area contributed by atoms with Crippen LogP contribution in [0.3, 0.4) is 0 Å². The number of ether oxygens (including phenoxy) is 1. The number of phosphoric acid groups is 1. The first-order valence-electron chi connectivity index (χ1n) is 10.0. The fourth-order valence-electron chi connectivity index (χ4n) is 3.00. The zero-order chi connectivity index (χ0) is 28.0. The summed E-state index contributed by atoms with van der Waals surface area (Å²) >= 11 is 1.29. The molecule has 214 valence electrons. The van der Waals surface area contributed by atoms with Crippen molar-refractivity contribution >= 4 is 170 Å². The smallest absolute Gasteiger partial charge is 0.387 e. The molecule has 41 heavy (non-hydrogen) atoms. The maximum absolute atomic E-state index is 13.5. The van der Waals surface area contributed by atoms with Crippen molar-refractivity contribution in [1.82, 2.24) is 19.5 Å². The fourth-order valence-corrected chi connectivity index (χ4v) is 7.39. The first kappa shape index (κ1) is 46.0. The molecule has 6 atom stereocenters. The van der Waals surface area contributed by atoms with Crippen LogP contribution in [0.15, 0.2) is 11.5 Å². The van der Waals surface area contributed by atoms with Crippen LogP contribution >= 0.6 is 34.8 Å². The Kier molecular flexibility index (Phi) is 20.1. The molecule has 2 aromatic heterocycles. The average Bonchev–Trinajstić information content (AvgIpc) is 3.31. The molecular weight excluding hydrogens is 685 g/mol. The summed E-state index contributed by atoms with van der Waals surface area (Å²) in [5, 5.41) is 15.3. The molecule has 8 N–H and O–H groups in total. The maximum atomic E-state index is 13.5. The third-order valence-corrected chi connectivity index (χ3v) is 10.9. The van der Waals surface area contributed by atoms with Crippen molar-refractivity contribution in [3.63, 3.8) is 0 Å². The Hall–Kier alpha value is 2.89. The van der Waals surface area contributed by atoms with Gasteiger partial charge in [0.2, 0.25) is 0 Å². The van der Waals surface area contributed by atoms with E-state index in [0.29, 0.717) is 10.9 Å². The quantitative estimate of drug-likeness (QED) is 0.0642. The van der Waals surface area contributed by atoms with Crippen LogP contribution < -0.4 is 5.73 Å². The molecule has 2 unspecified atom stereocenters. The van der Waals surface area contributed by atoms with Gasteiger partial charge in [-0.3, -0.25) is 18.2 Å². The van der Waals surface area contributed by atoms with Crippen LogP contribution in [0.25, 0.3) is 11.2 Å². The molecule has 0 spiro atoms. The molecule has 4 radical (unpaired) electrons. The maximum Gasteiger partial charge on any atom is 0.479 e. The van der Waals surface area contributed by atoms with Crippen LogP contribution in [0.1, 0.15) is 19.6 Å². The molecule has 1 aliphatic heterocycles. The molecule has 1 saturated heterocycles. The Bertz CT molecular complexity index is 1320. The zero-order valence-electron chi connectivity index (χ0n) is 22.5. The number of nitrogen functional groups attached to an aromatic ring is 1. The van der Waals surface area contributed by atoms with E-state index >= 15 is 0 Å². The van der Waals surface area contributed by atoms with Gasteiger partial charge in [-0.05, 0) is 6.42 Å². The predicted molar refractivity (Wildman–Crippen MR) is 143 cm³/mol. The Labute approximate surface area is 323 Å². The number of thioether (sulfide) groups is 1. The molecule has 0 saturated carbocycles. The summed E-state index contributed by atoms with van der Waals surface area (Å²) in [6.07, 6.45) is -4.59. The average molecular weight is 707 g/mol. The topological polar surface area (TPSA) is 270 Å². The number of halogens is 2. The summed E-state index contributed by atoms with van der Waals surface area (Å²) in [5.41, 5.74) is 6.16. The minimum absolute atomic E-state index is 0. The Morgan fingerprint density at radius 1 is 1.10 bits per heavy atom. The summed E-state index contributed by atoms with van der Waals surface area (Å²) in [5.74, 6) is 0.693. The third kappa shape index (κ3) is 10.7. The van der Waals surface area contributed by atoms with Crippen LogP contribution in [0.2, 0.25) is 0 Å². The second-order valence-electron chi connectivity index (χ2n) is 7.53. The molecule has 1 fully saturated rings. The van der Waals surface area contributed by atoms with Crippen molar-refractivity contribution in [1.29, 1.82) is 0 Å². The van der Waals surface area contributed by atoms with E-state index in [2.05, 4.69) is 23.8 Å². The van der Waals surface area contributed by atoms with Gasteiger partial charge in [0.05, 0.1) is 12.9 Å². The molecule has 1 aliphatic rings. The van der Waals surface area contributed by atoms with Crippen molar-refractivity contribution in [3.8, 4) is 0 Å². The van der Waals surface area contributed by atoms with E-state index < -0.39 is 59.6 Å². The number of rotatable bonds is 11. The van der Waals surface area contributed by atoms with Gasteiger partial charge in [-0.15, -0.1) is 0 Å². The van der Waals surface area contributed by atoms with E-state index in [9.17, 15) is 42.5 Å². The Balaban J connectivity index is 0.